The molecule has 0 aliphatic carbocycles. The molecule has 3 rings (SSSR count). The monoisotopic (exact) mass is 344 g/mol. The fourth-order valence-electron chi connectivity index (χ4n) is 2.61. The molecule has 0 saturated carbocycles. The number of aromatic nitrogens is 2. The third-order valence-electron chi connectivity index (χ3n) is 3.88. The van der Waals surface area contributed by atoms with E-state index < -0.39 is 10.0 Å². The van der Waals surface area contributed by atoms with Gasteiger partial charge in [0.1, 0.15) is 5.65 Å². The number of sulfonamides is 1. The Morgan fingerprint density at radius 3 is 2.62 bits per heavy atom. The Morgan fingerprint density at radius 1 is 1.21 bits per heavy atom. The van der Waals surface area contributed by atoms with Crippen LogP contribution >= 0.6 is 0 Å². The van der Waals surface area contributed by atoms with E-state index in [1.165, 1.54) is 0 Å². The smallest absolute Gasteiger partial charge is 0.240 e. The maximum atomic E-state index is 12.1. The summed E-state index contributed by atoms with van der Waals surface area (Å²) in [5.41, 5.74) is 9.27. The molecular formula is C17H20N4O2S. The number of pyridine rings is 1. The number of benzene rings is 1. The quantitative estimate of drug-likeness (QED) is 0.637. The third-order valence-corrected chi connectivity index (χ3v) is 5.36. The van der Waals surface area contributed by atoms with Crippen molar-refractivity contribution >= 4 is 21.1 Å². The highest BCUT2D eigenvalue weighted by molar-refractivity contribution is 7.89. The van der Waals surface area contributed by atoms with E-state index >= 15 is 0 Å². The topological polar surface area (TPSA) is 101 Å². The van der Waals surface area contributed by atoms with Crippen molar-refractivity contribution in [2.75, 3.05) is 13.1 Å². The van der Waals surface area contributed by atoms with Crippen molar-refractivity contribution in [2.24, 2.45) is 5.73 Å². The Morgan fingerprint density at radius 2 is 1.96 bits per heavy atom. The van der Waals surface area contributed by atoms with Crippen LogP contribution in [0.5, 0.6) is 0 Å². The fraction of sp³-hybridized carbons (Fsp3) is 0.235. The summed E-state index contributed by atoms with van der Waals surface area (Å²) in [6, 6.07) is 10.9. The lowest BCUT2D eigenvalue weighted by Gasteiger charge is -2.07. The average Bonchev–Trinajstić information content (AvgIpc) is 3.03. The second-order valence-electron chi connectivity index (χ2n) is 5.48. The zero-order chi connectivity index (χ0) is 17.2. The van der Waals surface area contributed by atoms with Gasteiger partial charge in [0, 0.05) is 30.4 Å². The molecule has 6 nitrogen and oxygen atoms in total. The Labute approximate surface area is 141 Å². The van der Waals surface area contributed by atoms with E-state index in [0.29, 0.717) is 0 Å². The zero-order valence-corrected chi connectivity index (χ0v) is 14.2. The normalized spacial score (nSPS) is 11.9. The molecule has 0 spiro atoms. The number of nitrogens with zero attached hydrogens (tertiary/aromatic N) is 1. The number of hydrogen-bond donors (Lipinski definition) is 3. The maximum absolute atomic E-state index is 12.1. The summed E-state index contributed by atoms with van der Waals surface area (Å²) < 4.78 is 26.7. The van der Waals surface area contributed by atoms with E-state index in [9.17, 15) is 8.42 Å². The lowest BCUT2D eigenvalue weighted by atomic mass is 10.0. The van der Waals surface area contributed by atoms with Crippen LogP contribution in [0.3, 0.4) is 0 Å². The van der Waals surface area contributed by atoms with Gasteiger partial charge in [0.15, 0.2) is 0 Å². The predicted octanol–water partition coefficient (Wildman–Crippen LogP) is 2.03. The molecule has 0 fully saturated rings. The molecule has 0 aliphatic heterocycles. The van der Waals surface area contributed by atoms with Crippen LogP contribution in [-0.2, 0) is 16.4 Å². The minimum Gasteiger partial charge on any atom is -0.343 e. The third kappa shape index (κ3) is 3.19. The predicted molar refractivity (Wildman–Crippen MR) is 95.2 cm³/mol. The minimum absolute atomic E-state index is 0.220. The first-order valence-corrected chi connectivity index (χ1v) is 9.30. The number of hydrogen-bond acceptors (Lipinski definition) is 4. The van der Waals surface area contributed by atoms with Crippen molar-refractivity contribution in [3.8, 4) is 11.1 Å². The molecular weight excluding hydrogens is 324 g/mol. The molecule has 126 valence electrons. The summed E-state index contributed by atoms with van der Waals surface area (Å²) in [6.07, 6.45) is 2.65. The molecule has 0 radical (unpaired) electrons. The number of H-pyrrole nitrogens is 1. The van der Waals surface area contributed by atoms with Crippen LogP contribution in [0.1, 0.15) is 12.6 Å². The van der Waals surface area contributed by atoms with Crippen molar-refractivity contribution in [1.82, 2.24) is 14.7 Å². The van der Waals surface area contributed by atoms with E-state index in [2.05, 4.69) is 27.7 Å². The number of fused-ring (bicyclic) bond motifs is 1. The molecule has 0 saturated heterocycles. The van der Waals surface area contributed by atoms with Gasteiger partial charge >= 0.3 is 0 Å². The van der Waals surface area contributed by atoms with Gasteiger partial charge in [-0.3, -0.25) is 0 Å². The van der Waals surface area contributed by atoms with Crippen LogP contribution in [0.4, 0.5) is 0 Å². The van der Waals surface area contributed by atoms with Gasteiger partial charge in [-0.2, -0.15) is 0 Å². The molecule has 0 aliphatic rings. The molecule has 2 heterocycles. The summed E-state index contributed by atoms with van der Waals surface area (Å²) in [6.45, 7) is 2.57. The number of aromatic amines is 1. The first kappa shape index (κ1) is 16.6. The molecule has 7 heteroatoms. The van der Waals surface area contributed by atoms with Gasteiger partial charge < -0.3 is 10.7 Å². The van der Waals surface area contributed by atoms with E-state index in [1.807, 2.05) is 18.2 Å². The Kier molecular flexibility index (Phi) is 4.66. The lowest BCUT2D eigenvalue weighted by molar-refractivity contribution is 0.582. The van der Waals surface area contributed by atoms with Crippen LogP contribution in [0.25, 0.3) is 22.2 Å². The molecule has 0 amide bonds. The Balaban J connectivity index is 1.98. The molecule has 24 heavy (non-hydrogen) atoms. The summed E-state index contributed by atoms with van der Waals surface area (Å²) in [5, 5.41) is 1.03. The van der Waals surface area contributed by atoms with E-state index in [1.54, 1.807) is 18.3 Å². The Bertz CT molecular complexity index is 946. The number of nitrogens with one attached hydrogen (secondary N) is 2. The lowest BCUT2D eigenvalue weighted by Crippen LogP contribution is -2.29. The first-order valence-electron chi connectivity index (χ1n) is 7.82. The second-order valence-corrected chi connectivity index (χ2v) is 7.25. The maximum Gasteiger partial charge on any atom is 0.240 e. The largest absolute Gasteiger partial charge is 0.343 e. The Hall–Kier alpha value is -2.22. The number of rotatable bonds is 6. The molecule has 1 aromatic carbocycles. The molecule has 0 bridgehead atoms. The molecule has 2 aromatic heterocycles. The summed E-state index contributed by atoms with van der Waals surface area (Å²) in [4.78, 5) is 7.87. The number of nitrogens with two attached hydrogens (primary N) is 1. The summed E-state index contributed by atoms with van der Waals surface area (Å²) in [7, 11) is -3.51. The van der Waals surface area contributed by atoms with Crippen molar-refractivity contribution in [3.05, 3.63) is 48.3 Å². The van der Waals surface area contributed by atoms with Gasteiger partial charge in [0.25, 0.3) is 0 Å². The highest BCUT2D eigenvalue weighted by atomic mass is 32.2. The SMILES string of the molecule is CCc1cc2c(-c3ccc(S(=O)(=O)NCCN)cc3)ccnc2[nH]1. The van der Waals surface area contributed by atoms with Crippen molar-refractivity contribution in [1.29, 1.82) is 0 Å². The minimum atomic E-state index is -3.51. The van der Waals surface area contributed by atoms with Gasteiger partial charge in [0.05, 0.1) is 4.90 Å². The van der Waals surface area contributed by atoms with Crippen molar-refractivity contribution in [3.63, 3.8) is 0 Å². The highest BCUT2D eigenvalue weighted by Crippen LogP contribution is 2.29. The highest BCUT2D eigenvalue weighted by Gasteiger charge is 2.14. The van der Waals surface area contributed by atoms with Gasteiger partial charge in [-0.25, -0.2) is 18.1 Å². The van der Waals surface area contributed by atoms with Crippen LogP contribution in [0.2, 0.25) is 0 Å². The van der Waals surface area contributed by atoms with Crippen LogP contribution in [0, 0.1) is 0 Å². The van der Waals surface area contributed by atoms with Gasteiger partial charge in [0.2, 0.25) is 10.0 Å². The second kappa shape index (κ2) is 6.72. The number of aryl methyl sites for hydroxylation is 1. The summed E-state index contributed by atoms with van der Waals surface area (Å²) >= 11 is 0. The average molecular weight is 344 g/mol. The standard InChI is InChI=1S/C17H20N4O2S/c1-2-13-11-16-15(7-9-19-17(16)21-13)12-3-5-14(6-4-12)24(22,23)20-10-8-18/h3-7,9,11,20H,2,8,10,18H2,1H3,(H,19,21). The van der Waals surface area contributed by atoms with Gasteiger partial charge in [-0.1, -0.05) is 19.1 Å². The zero-order valence-electron chi connectivity index (χ0n) is 13.4. The molecule has 4 N–H and O–H groups in total. The molecule has 3 aromatic rings. The molecule has 0 unspecified atom stereocenters. The summed E-state index contributed by atoms with van der Waals surface area (Å²) in [5.74, 6) is 0. The van der Waals surface area contributed by atoms with Crippen LogP contribution in [0.15, 0.2) is 47.5 Å². The van der Waals surface area contributed by atoms with E-state index in [0.717, 1.165) is 34.3 Å². The van der Waals surface area contributed by atoms with Crippen molar-refractivity contribution < 1.29 is 8.42 Å². The van der Waals surface area contributed by atoms with Crippen LogP contribution < -0.4 is 10.5 Å². The van der Waals surface area contributed by atoms with Gasteiger partial charge in [-0.05, 0) is 41.8 Å². The van der Waals surface area contributed by atoms with Gasteiger partial charge in [-0.15, -0.1) is 0 Å². The molecule has 0 atom stereocenters. The fourth-order valence-corrected chi connectivity index (χ4v) is 3.66. The van der Waals surface area contributed by atoms with Crippen LogP contribution in [-0.4, -0.2) is 31.5 Å². The van der Waals surface area contributed by atoms with E-state index in [-0.39, 0.29) is 18.0 Å². The van der Waals surface area contributed by atoms with E-state index in [4.69, 9.17) is 5.73 Å². The van der Waals surface area contributed by atoms with Crippen molar-refractivity contribution in [2.45, 2.75) is 18.2 Å². The first-order chi connectivity index (χ1) is 11.5.